The average molecular weight is 428 g/mol. The van der Waals surface area contributed by atoms with E-state index in [0.29, 0.717) is 11.3 Å². The molecule has 6 nitrogen and oxygen atoms in total. The number of ketones is 1. The molecule has 1 N–H and O–H groups in total. The maximum atomic E-state index is 13.0. The van der Waals surface area contributed by atoms with Crippen LogP contribution in [0.2, 0.25) is 0 Å². The molecule has 1 amide bonds. The normalized spacial score (nSPS) is 17.0. The second-order valence-corrected chi connectivity index (χ2v) is 6.95. The van der Waals surface area contributed by atoms with E-state index in [2.05, 4.69) is 15.9 Å². The minimum atomic E-state index is -0.766. The second-order valence-electron chi connectivity index (χ2n) is 6.04. The molecule has 0 spiro atoms. The Labute approximate surface area is 162 Å². The van der Waals surface area contributed by atoms with Crippen LogP contribution in [-0.2, 0) is 11.3 Å². The first-order valence-corrected chi connectivity index (χ1v) is 8.95. The Balaban J connectivity index is 1.81. The number of Topliss-reactive ketones (excluding diaryl/α,β-unsaturated/α-hetero) is 1. The van der Waals surface area contributed by atoms with E-state index in [1.54, 1.807) is 36.4 Å². The lowest BCUT2D eigenvalue weighted by molar-refractivity contribution is -0.130. The van der Waals surface area contributed by atoms with E-state index in [1.165, 1.54) is 23.5 Å². The minimum Gasteiger partial charge on any atom is -0.503 e. The Kier molecular flexibility index (Phi) is 4.45. The fraction of sp³-hybridized carbons (Fsp3) is 0.100. The smallest absolute Gasteiger partial charge is 0.290 e. The van der Waals surface area contributed by atoms with Gasteiger partial charge in [0.05, 0.1) is 30.7 Å². The van der Waals surface area contributed by atoms with Crippen LogP contribution >= 0.6 is 15.9 Å². The number of amides is 1. The maximum Gasteiger partial charge on any atom is 0.290 e. The summed E-state index contributed by atoms with van der Waals surface area (Å²) in [6.45, 7) is 0.113. The first-order valence-electron chi connectivity index (χ1n) is 8.16. The highest BCUT2D eigenvalue weighted by Crippen LogP contribution is 2.40. The molecule has 136 valence electrons. The number of hydrogen-bond acceptors (Lipinski definition) is 5. The average Bonchev–Trinajstić information content (AvgIpc) is 3.40. The molecule has 1 aliphatic rings. The molecular formula is C20H14BrNO5. The summed E-state index contributed by atoms with van der Waals surface area (Å²) < 4.78 is 11.3. The zero-order valence-corrected chi connectivity index (χ0v) is 15.5. The molecule has 0 saturated carbocycles. The summed E-state index contributed by atoms with van der Waals surface area (Å²) in [6.07, 6.45) is 2.88. The zero-order chi connectivity index (χ0) is 19.0. The van der Waals surface area contributed by atoms with Gasteiger partial charge >= 0.3 is 0 Å². The van der Waals surface area contributed by atoms with Crippen LogP contribution in [0.4, 0.5) is 0 Å². The highest BCUT2D eigenvalue weighted by atomic mass is 79.9. The molecular weight excluding hydrogens is 414 g/mol. The summed E-state index contributed by atoms with van der Waals surface area (Å²) in [5.74, 6) is -1.14. The number of halogens is 1. The predicted molar refractivity (Wildman–Crippen MR) is 98.8 cm³/mol. The van der Waals surface area contributed by atoms with E-state index in [9.17, 15) is 14.7 Å². The molecule has 2 aromatic heterocycles. The molecule has 3 aromatic rings. The van der Waals surface area contributed by atoms with Gasteiger partial charge in [-0.2, -0.15) is 0 Å². The quantitative estimate of drug-likeness (QED) is 0.609. The Morgan fingerprint density at radius 2 is 1.89 bits per heavy atom. The highest BCUT2D eigenvalue weighted by Gasteiger charge is 2.44. The minimum absolute atomic E-state index is 0.0143. The Hall–Kier alpha value is -3.06. The van der Waals surface area contributed by atoms with Crippen molar-refractivity contribution < 1.29 is 23.5 Å². The van der Waals surface area contributed by atoms with Gasteiger partial charge in [0.15, 0.2) is 11.5 Å². The van der Waals surface area contributed by atoms with Crippen molar-refractivity contribution in [2.75, 3.05) is 0 Å². The molecule has 7 heteroatoms. The van der Waals surface area contributed by atoms with Crippen molar-refractivity contribution in [3.63, 3.8) is 0 Å². The molecule has 0 radical (unpaired) electrons. The molecule has 1 aromatic carbocycles. The molecule has 4 rings (SSSR count). The maximum absolute atomic E-state index is 13.0. The van der Waals surface area contributed by atoms with E-state index >= 15 is 0 Å². The number of furan rings is 2. The molecule has 0 saturated heterocycles. The van der Waals surface area contributed by atoms with Crippen molar-refractivity contribution in [3.05, 3.63) is 93.9 Å². The third-order valence-electron chi connectivity index (χ3n) is 4.36. The number of carbonyl (C=O) groups excluding carboxylic acids is 2. The fourth-order valence-electron chi connectivity index (χ4n) is 3.18. The highest BCUT2D eigenvalue weighted by molar-refractivity contribution is 9.10. The first-order chi connectivity index (χ1) is 13.1. The largest absolute Gasteiger partial charge is 0.503 e. The van der Waals surface area contributed by atoms with Gasteiger partial charge < -0.3 is 18.8 Å². The molecule has 3 heterocycles. The van der Waals surface area contributed by atoms with Crippen LogP contribution in [0.5, 0.6) is 0 Å². The summed E-state index contributed by atoms with van der Waals surface area (Å²) in [7, 11) is 0. The van der Waals surface area contributed by atoms with Gasteiger partial charge in [-0.1, -0.05) is 28.1 Å². The van der Waals surface area contributed by atoms with E-state index in [1.807, 2.05) is 6.07 Å². The van der Waals surface area contributed by atoms with Crippen molar-refractivity contribution in [1.82, 2.24) is 4.90 Å². The van der Waals surface area contributed by atoms with Crippen molar-refractivity contribution in [2.24, 2.45) is 0 Å². The van der Waals surface area contributed by atoms with Crippen molar-refractivity contribution in [3.8, 4) is 0 Å². The molecule has 1 atom stereocenters. The Bertz CT molecular complexity index is 1020. The van der Waals surface area contributed by atoms with Crippen molar-refractivity contribution in [2.45, 2.75) is 12.6 Å². The van der Waals surface area contributed by atoms with E-state index in [0.717, 1.165) is 4.47 Å². The third kappa shape index (κ3) is 3.10. The van der Waals surface area contributed by atoms with Crippen LogP contribution in [0.15, 0.2) is 85.7 Å². The predicted octanol–water partition coefficient (Wildman–Crippen LogP) is 4.41. The number of aliphatic hydroxyl groups is 1. The third-order valence-corrected chi connectivity index (χ3v) is 4.86. The molecule has 0 bridgehead atoms. The van der Waals surface area contributed by atoms with Crippen LogP contribution in [0.25, 0.3) is 0 Å². The number of rotatable bonds is 5. The summed E-state index contributed by atoms with van der Waals surface area (Å²) in [4.78, 5) is 27.1. The van der Waals surface area contributed by atoms with Crippen molar-refractivity contribution >= 4 is 27.6 Å². The van der Waals surface area contributed by atoms with Gasteiger partial charge in [-0.15, -0.1) is 0 Å². The number of benzene rings is 1. The van der Waals surface area contributed by atoms with Gasteiger partial charge in [0.1, 0.15) is 5.76 Å². The summed E-state index contributed by atoms with van der Waals surface area (Å²) in [6, 6.07) is 13.0. The Morgan fingerprint density at radius 1 is 1.11 bits per heavy atom. The standard InChI is InChI=1S/C20H14BrNO5/c21-13-5-1-4-12(10-13)17-16(18(23)15-7-3-9-27-15)19(24)20(25)22(17)11-14-6-2-8-26-14/h1-10,17,24H,11H2. The first kappa shape index (κ1) is 17.4. The van der Waals surface area contributed by atoms with Crippen LogP contribution in [0.1, 0.15) is 27.9 Å². The van der Waals surface area contributed by atoms with Crippen molar-refractivity contribution in [1.29, 1.82) is 0 Å². The molecule has 1 unspecified atom stereocenters. The van der Waals surface area contributed by atoms with Gasteiger partial charge in [0, 0.05) is 4.47 Å². The summed E-state index contributed by atoms with van der Waals surface area (Å²) >= 11 is 3.41. The van der Waals surface area contributed by atoms with Gasteiger partial charge in [-0.05, 0) is 42.0 Å². The van der Waals surface area contributed by atoms with Crippen LogP contribution in [0, 0.1) is 0 Å². The molecule has 0 fully saturated rings. The van der Waals surface area contributed by atoms with Crippen LogP contribution in [-0.4, -0.2) is 21.7 Å². The monoisotopic (exact) mass is 427 g/mol. The van der Waals surface area contributed by atoms with E-state index in [-0.39, 0.29) is 17.9 Å². The van der Waals surface area contributed by atoms with Crippen LogP contribution in [0.3, 0.4) is 0 Å². The van der Waals surface area contributed by atoms with Gasteiger partial charge in [-0.3, -0.25) is 9.59 Å². The van der Waals surface area contributed by atoms with Crippen LogP contribution < -0.4 is 0 Å². The summed E-state index contributed by atoms with van der Waals surface area (Å²) in [5.41, 5.74) is 0.669. The molecule has 1 aliphatic heterocycles. The lowest BCUT2D eigenvalue weighted by atomic mass is 9.95. The number of hydrogen-bond donors (Lipinski definition) is 1. The number of carbonyl (C=O) groups is 2. The number of aliphatic hydroxyl groups excluding tert-OH is 1. The molecule has 27 heavy (non-hydrogen) atoms. The van der Waals surface area contributed by atoms with E-state index in [4.69, 9.17) is 8.83 Å². The topological polar surface area (TPSA) is 83.9 Å². The molecule has 0 aliphatic carbocycles. The SMILES string of the molecule is O=C(C1=C(O)C(=O)N(Cc2ccco2)C1c1cccc(Br)c1)c1ccco1. The van der Waals surface area contributed by atoms with E-state index < -0.39 is 23.5 Å². The Morgan fingerprint density at radius 3 is 2.56 bits per heavy atom. The summed E-state index contributed by atoms with van der Waals surface area (Å²) in [5, 5.41) is 10.5. The zero-order valence-electron chi connectivity index (χ0n) is 14.0. The van der Waals surface area contributed by atoms with Gasteiger partial charge in [-0.25, -0.2) is 0 Å². The van der Waals surface area contributed by atoms with Gasteiger partial charge in [0.25, 0.3) is 5.91 Å². The second kappa shape index (κ2) is 6.92. The lowest BCUT2D eigenvalue weighted by Gasteiger charge is -2.26. The number of nitrogens with zero attached hydrogens (tertiary/aromatic N) is 1. The lowest BCUT2D eigenvalue weighted by Crippen LogP contribution is -2.30. The van der Waals surface area contributed by atoms with Gasteiger partial charge in [0.2, 0.25) is 5.78 Å². The fourth-order valence-corrected chi connectivity index (χ4v) is 3.60.